The summed E-state index contributed by atoms with van der Waals surface area (Å²) in [6.07, 6.45) is 4.05. The zero-order valence-corrected chi connectivity index (χ0v) is 15.0. The predicted molar refractivity (Wildman–Crippen MR) is 98.5 cm³/mol. The smallest absolute Gasteiger partial charge is 0.325 e. The third-order valence-electron chi connectivity index (χ3n) is 4.64. The molecule has 0 radical (unpaired) electrons. The Balaban J connectivity index is 1.64. The van der Waals surface area contributed by atoms with Crippen LogP contribution in [0.1, 0.15) is 32.3 Å². The van der Waals surface area contributed by atoms with E-state index < -0.39 is 12.1 Å². The molecule has 0 saturated carbocycles. The van der Waals surface area contributed by atoms with Crippen molar-refractivity contribution < 1.29 is 14.4 Å². The van der Waals surface area contributed by atoms with Crippen LogP contribution in [0, 0.1) is 0 Å². The van der Waals surface area contributed by atoms with E-state index in [0.29, 0.717) is 6.42 Å². The van der Waals surface area contributed by atoms with Gasteiger partial charge in [0, 0.05) is 29.6 Å². The molecule has 0 bridgehead atoms. The minimum atomic E-state index is -0.650. The van der Waals surface area contributed by atoms with Gasteiger partial charge in [0.2, 0.25) is 5.91 Å². The van der Waals surface area contributed by atoms with E-state index in [1.165, 1.54) is 0 Å². The van der Waals surface area contributed by atoms with Gasteiger partial charge in [-0.25, -0.2) is 4.79 Å². The lowest BCUT2D eigenvalue weighted by atomic mass is 10.1. The summed E-state index contributed by atoms with van der Waals surface area (Å²) in [5.41, 5.74) is 1.95. The van der Waals surface area contributed by atoms with E-state index >= 15 is 0 Å². The number of aromatic amines is 1. The Morgan fingerprint density at radius 1 is 1.31 bits per heavy atom. The van der Waals surface area contributed by atoms with Gasteiger partial charge in [0.25, 0.3) is 5.91 Å². The van der Waals surface area contributed by atoms with Crippen LogP contribution in [0.15, 0.2) is 30.5 Å². The Morgan fingerprint density at radius 2 is 2.08 bits per heavy atom. The van der Waals surface area contributed by atoms with E-state index in [9.17, 15) is 14.4 Å². The van der Waals surface area contributed by atoms with Gasteiger partial charge in [-0.05, 0) is 25.0 Å². The molecule has 2 atom stereocenters. The van der Waals surface area contributed by atoms with Crippen molar-refractivity contribution in [1.29, 1.82) is 0 Å². The summed E-state index contributed by atoms with van der Waals surface area (Å²) in [6, 6.07) is 6.66. The van der Waals surface area contributed by atoms with Crippen LogP contribution in [-0.2, 0) is 16.0 Å². The van der Waals surface area contributed by atoms with Crippen molar-refractivity contribution in [2.24, 2.45) is 0 Å². The van der Waals surface area contributed by atoms with E-state index in [1.54, 1.807) is 0 Å². The van der Waals surface area contributed by atoms with Crippen LogP contribution in [0.5, 0.6) is 0 Å². The minimum absolute atomic E-state index is 0.0234. The van der Waals surface area contributed by atoms with Gasteiger partial charge in [0.15, 0.2) is 0 Å². The van der Waals surface area contributed by atoms with Gasteiger partial charge >= 0.3 is 6.03 Å². The Hall–Kier alpha value is -2.83. The highest BCUT2D eigenvalue weighted by Gasteiger charge is 2.39. The molecule has 3 rings (SSSR count). The molecule has 1 saturated heterocycles. The number of hydrogen-bond donors (Lipinski definition) is 3. The Labute approximate surface area is 152 Å². The maximum atomic E-state index is 12.6. The third kappa shape index (κ3) is 3.71. The molecular formula is C19H24N4O3. The fourth-order valence-corrected chi connectivity index (χ4v) is 3.35. The highest BCUT2D eigenvalue weighted by molar-refractivity contribution is 6.06. The van der Waals surface area contributed by atoms with Gasteiger partial charge in [-0.15, -0.1) is 0 Å². The summed E-state index contributed by atoms with van der Waals surface area (Å²) in [5, 5.41) is 6.53. The molecule has 26 heavy (non-hydrogen) atoms. The molecule has 0 spiro atoms. The Bertz CT molecular complexity index is 829. The third-order valence-corrected chi connectivity index (χ3v) is 4.64. The number of urea groups is 1. The minimum Gasteiger partial charge on any atom is -0.361 e. The van der Waals surface area contributed by atoms with Gasteiger partial charge in [-0.3, -0.25) is 14.5 Å². The van der Waals surface area contributed by atoms with Crippen LogP contribution < -0.4 is 10.6 Å². The summed E-state index contributed by atoms with van der Waals surface area (Å²) < 4.78 is 0. The van der Waals surface area contributed by atoms with E-state index in [4.69, 9.17) is 0 Å². The van der Waals surface area contributed by atoms with Crippen molar-refractivity contribution in [3.63, 3.8) is 0 Å². The molecule has 1 aromatic carbocycles. The number of H-pyrrole nitrogens is 1. The predicted octanol–water partition coefficient (Wildman–Crippen LogP) is 1.94. The SMILES string of the molecule is CCC[C@H](C)NC(=O)CN1C(=O)N[C@H](Cc2c[nH]c3ccccc23)C1=O. The average Bonchev–Trinajstić information content (AvgIpc) is 3.12. The molecule has 1 aromatic heterocycles. The number of fused-ring (bicyclic) bond motifs is 1. The van der Waals surface area contributed by atoms with Crippen molar-refractivity contribution >= 4 is 28.7 Å². The van der Waals surface area contributed by atoms with E-state index in [0.717, 1.165) is 34.2 Å². The molecule has 2 aromatic rings. The number of para-hydroxylation sites is 1. The van der Waals surface area contributed by atoms with E-state index in [-0.39, 0.29) is 24.4 Å². The number of aromatic nitrogens is 1. The summed E-state index contributed by atoms with van der Waals surface area (Å²) in [4.78, 5) is 41.0. The lowest BCUT2D eigenvalue weighted by Crippen LogP contribution is -2.43. The molecule has 3 N–H and O–H groups in total. The molecule has 7 heteroatoms. The molecule has 1 aliphatic rings. The number of rotatable bonds is 7. The van der Waals surface area contributed by atoms with Gasteiger partial charge in [-0.2, -0.15) is 0 Å². The number of nitrogens with one attached hydrogen (secondary N) is 3. The van der Waals surface area contributed by atoms with Gasteiger partial charge in [0.1, 0.15) is 12.6 Å². The van der Waals surface area contributed by atoms with Crippen molar-refractivity contribution in [2.75, 3.05) is 6.54 Å². The number of carbonyl (C=O) groups is 3. The molecule has 1 aliphatic heterocycles. The van der Waals surface area contributed by atoms with E-state index in [1.807, 2.05) is 44.3 Å². The normalized spacial score (nSPS) is 18.2. The summed E-state index contributed by atoms with van der Waals surface area (Å²) in [5.74, 6) is -0.680. The maximum Gasteiger partial charge on any atom is 0.325 e. The van der Waals surface area contributed by atoms with Crippen molar-refractivity contribution in [1.82, 2.24) is 20.5 Å². The highest BCUT2D eigenvalue weighted by atomic mass is 16.2. The summed E-state index contributed by atoms with van der Waals surface area (Å²) in [7, 11) is 0. The second-order valence-electron chi connectivity index (χ2n) is 6.75. The average molecular weight is 356 g/mol. The van der Waals surface area contributed by atoms with Crippen LogP contribution in [0.2, 0.25) is 0 Å². The first kappa shape index (κ1) is 18.0. The van der Waals surface area contributed by atoms with Crippen molar-refractivity contribution in [3.8, 4) is 0 Å². The lowest BCUT2D eigenvalue weighted by molar-refractivity contribution is -0.132. The number of imide groups is 1. The molecular weight excluding hydrogens is 332 g/mol. The monoisotopic (exact) mass is 356 g/mol. The number of benzene rings is 1. The van der Waals surface area contributed by atoms with Gasteiger partial charge in [-0.1, -0.05) is 31.5 Å². The second kappa shape index (κ2) is 7.59. The largest absolute Gasteiger partial charge is 0.361 e. The number of hydrogen-bond acceptors (Lipinski definition) is 3. The molecule has 0 aliphatic carbocycles. The fraction of sp³-hybridized carbons (Fsp3) is 0.421. The highest BCUT2D eigenvalue weighted by Crippen LogP contribution is 2.21. The van der Waals surface area contributed by atoms with Gasteiger partial charge in [0.05, 0.1) is 0 Å². The zero-order valence-electron chi connectivity index (χ0n) is 15.0. The molecule has 1 fully saturated rings. The lowest BCUT2D eigenvalue weighted by Gasteiger charge is -2.16. The molecule has 2 heterocycles. The van der Waals surface area contributed by atoms with Crippen LogP contribution >= 0.6 is 0 Å². The first-order valence-corrected chi connectivity index (χ1v) is 8.95. The number of carbonyl (C=O) groups excluding carboxylic acids is 3. The fourth-order valence-electron chi connectivity index (χ4n) is 3.35. The Kier molecular flexibility index (Phi) is 5.25. The van der Waals surface area contributed by atoms with Crippen molar-refractivity contribution in [3.05, 3.63) is 36.0 Å². The van der Waals surface area contributed by atoms with Gasteiger partial charge < -0.3 is 15.6 Å². The van der Waals surface area contributed by atoms with E-state index in [2.05, 4.69) is 15.6 Å². The summed E-state index contributed by atoms with van der Waals surface area (Å²) in [6.45, 7) is 3.70. The quantitative estimate of drug-likeness (QED) is 0.662. The molecule has 7 nitrogen and oxygen atoms in total. The standard InChI is InChI=1S/C19H24N4O3/c1-3-6-12(2)21-17(24)11-23-18(25)16(22-19(23)26)9-13-10-20-15-8-5-4-7-14(13)15/h4-5,7-8,10,12,16,20H,3,6,9,11H2,1-2H3,(H,21,24)(H,22,26)/t12-,16+/m0/s1. The van der Waals surface area contributed by atoms with Crippen LogP contribution in [0.25, 0.3) is 10.9 Å². The van der Waals surface area contributed by atoms with Crippen LogP contribution in [0.4, 0.5) is 4.79 Å². The topological polar surface area (TPSA) is 94.3 Å². The zero-order chi connectivity index (χ0) is 18.7. The maximum absolute atomic E-state index is 12.6. The number of nitrogens with zero attached hydrogens (tertiary/aromatic N) is 1. The Morgan fingerprint density at radius 3 is 2.85 bits per heavy atom. The van der Waals surface area contributed by atoms with Crippen LogP contribution in [0.3, 0.4) is 0 Å². The molecule has 4 amide bonds. The number of amides is 4. The second-order valence-corrected chi connectivity index (χ2v) is 6.75. The molecule has 138 valence electrons. The van der Waals surface area contributed by atoms with Crippen molar-refractivity contribution in [2.45, 2.75) is 45.2 Å². The summed E-state index contributed by atoms with van der Waals surface area (Å²) >= 11 is 0. The first-order chi connectivity index (χ1) is 12.5. The van der Waals surface area contributed by atoms with Crippen LogP contribution in [-0.4, -0.2) is 46.4 Å². The molecule has 0 unspecified atom stereocenters. The first-order valence-electron chi connectivity index (χ1n) is 8.95.